The van der Waals surface area contributed by atoms with E-state index in [4.69, 9.17) is 4.74 Å². The van der Waals surface area contributed by atoms with Gasteiger partial charge in [0.15, 0.2) is 0 Å². The van der Waals surface area contributed by atoms with Crippen molar-refractivity contribution < 1.29 is 4.74 Å². The van der Waals surface area contributed by atoms with E-state index in [9.17, 15) is 0 Å². The molecule has 2 heterocycles. The van der Waals surface area contributed by atoms with Gasteiger partial charge in [0.2, 0.25) is 5.88 Å². The fourth-order valence-electron chi connectivity index (χ4n) is 2.61. The van der Waals surface area contributed by atoms with E-state index in [0.717, 1.165) is 31.4 Å². The lowest BCUT2D eigenvalue weighted by molar-refractivity contribution is 0.232. The normalized spacial score (nSPS) is 16.7. The summed E-state index contributed by atoms with van der Waals surface area (Å²) in [5, 5.41) is 3.23. The van der Waals surface area contributed by atoms with Crippen LogP contribution in [0.4, 0.5) is 5.82 Å². The van der Waals surface area contributed by atoms with Gasteiger partial charge in [0.1, 0.15) is 12.1 Å². The first-order valence-electron chi connectivity index (χ1n) is 7.57. The lowest BCUT2D eigenvalue weighted by Crippen LogP contribution is -2.35. The summed E-state index contributed by atoms with van der Waals surface area (Å²) in [5.41, 5.74) is 0. The topological polar surface area (TPSA) is 50.3 Å². The van der Waals surface area contributed by atoms with Crippen molar-refractivity contribution in [2.75, 3.05) is 31.6 Å². The lowest BCUT2D eigenvalue weighted by Gasteiger charge is -2.32. The third kappa shape index (κ3) is 4.34. The molecule has 0 saturated carbocycles. The lowest BCUT2D eigenvalue weighted by atomic mass is 9.93. The number of anilines is 1. The fourth-order valence-corrected chi connectivity index (χ4v) is 2.61. The molecule has 5 heteroatoms. The van der Waals surface area contributed by atoms with Gasteiger partial charge >= 0.3 is 0 Å². The number of ether oxygens (including phenoxy) is 1. The Kier molecular flexibility index (Phi) is 5.59. The highest BCUT2D eigenvalue weighted by molar-refractivity contribution is 5.41. The number of nitrogens with one attached hydrogen (secondary N) is 1. The van der Waals surface area contributed by atoms with Gasteiger partial charge in [0.05, 0.1) is 6.10 Å². The minimum Gasteiger partial charge on any atom is -0.475 e. The smallest absolute Gasteiger partial charge is 0.218 e. The molecule has 1 aromatic rings. The minimum absolute atomic E-state index is 0.144. The largest absolute Gasteiger partial charge is 0.475 e. The SMILES string of the molecule is CNCCC1CCN(c2cc(OC(C)C)ncn2)CC1. The first kappa shape index (κ1) is 15.0. The van der Waals surface area contributed by atoms with Gasteiger partial charge in [-0.25, -0.2) is 9.97 Å². The Morgan fingerprint density at radius 1 is 1.35 bits per heavy atom. The van der Waals surface area contributed by atoms with Crippen LogP contribution in [0.5, 0.6) is 5.88 Å². The van der Waals surface area contributed by atoms with Crippen LogP contribution >= 0.6 is 0 Å². The number of nitrogens with zero attached hydrogens (tertiary/aromatic N) is 3. The maximum atomic E-state index is 5.63. The van der Waals surface area contributed by atoms with Crippen molar-refractivity contribution >= 4 is 5.82 Å². The molecule has 1 saturated heterocycles. The highest BCUT2D eigenvalue weighted by Gasteiger charge is 2.20. The standard InChI is InChI=1S/C15H26N4O/c1-12(2)20-15-10-14(17-11-18-15)19-8-5-13(6-9-19)4-7-16-3/h10-13,16H,4-9H2,1-3H3. The summed E-state index contributed by atoms with van der Waals surface area (Å²) in [7, 11) is 2.02. The first-order chi connectivity index (χ1) is 9.69. The van der Waals surface area contributed by atoms with Gasteiger partial charge in [-0.2, -0.15) is 0 Å². The van der Waals surface area contributed by atoms with Crippen molar-refractivity contribution in [3.8, 4) is 5.88 Å². The molecule has 2 rings (SSSR count). The number of piperidine rings is 1. The number of rotatable bonds is 6. The van der Waals surface area contributed by atoms with Gasteiger partial charge in [0.25, 0.3) is 0 Å². The predicted octanol–water partition coefficient (Wildman–Crippen LogP) is 2.09. The summed E-state index contributed by atoms with van der Waals surface area (Å²) in [4.78, 5) is 10.9. The Hall–Kier alpha value is -1.36. The third-order valence-corrected chi connectivity index (χ3v) is 3.73. The summed E-state index contributed by atoms with van der Waals surface area (Å²) in [6, 6.07) is 1.95. The van der Waals surface area contributed by atoms with Gasteiger partial charge in [0, 0.05) is 19.2 Å². The summed E-state index contributed by atoms with van der Waals surface area (Å²) in [6.45, 7) is 7.29. The molecule has 5 nitrogen and oxygen atoms in total. The van der Waals surface area contributed by atoms with Crippen LogP contribution in [0.1, 0.15) is 33.1 Å². The Bertz CT molecular complexity index is 403. The Morgan fingerprint density at radius 2 is 2.10 bits per heavy atom. The molecule has 1 aliphatic rings. The highest BCUT2D eigenvalue weighted by atomic mass is 16.5. The number of aromatic nitrogens is 2. The molecular weight excluding hydrogens is 252 g/mol. The zero-order valence-electron chi connectivity index (χ0n) is 12.8. The van der Waals surface area contributed by atoms with Gasteiger partial charge in [-0.1, -0.05) is 0 Å². The number of hydrogen-bond donors (Lipinski definition) is 1. The van der Waals surface area contributed by atoms with Crippen LogP contribution in [0.2, 0.25) is 0 Å². The minimum atomic E-state index is 0.144. The molecule has 0 amide bonds. The Labute approximate surface area is 121 Å². The molecule has 0 radical (unpaired) electrons. The molecule has 0 aromatic carbocycles. The highest BCUT2D eigenvalue weighted by Crippen LogP contribution is 2.25. The van der Waals surface area contributed by atoms with Gasteiger partial charge < -0.3 is 15.0 Å². The average Bonchev–Trinajstić information content (AvgIpc) is 2.45. The van der Waals surface area contributed by atoms with Crippen LogP contribution in [-0.2, 0) is 0 Å². The van der Waals surface area contributed by atoms with E-state index in [1.807, 2.05) is 27.0 Å². The summed E-state index contributed by atoms with van der Waals surface area (Å²) >= 11 is 0. The van der Waals surface area contributed by atoms with E-state index >= 15 is 0 Å². The van der Waals surface area contributed by atoms with E-state index < -0.39 is 0 Å². The molecule has 1 fully saturated rings. The van der Waals surface area contributed by atoms with E-state index in [2.05, 4.69) is 20.2 Å². The zero-order valence-corrected chi connectivity index (χ0v) is 12.8. The molecule has 0 bridgehead atoms. The van der Waals surface area contributed by atoms with Gasteiger partial charge in [-0.05, 0) is 52.6 Å². The monoisotopic (exact) mass is 278 g/mol. The van der Waals surface area contributed by atoms with Crippen molar-refractivity contribution in [1.82, 2.24) is 15.3 Å². The first-order valence-corrected chi connectivity index (χ1v) is 7.57. The zero-order chi connectivity index (χ0) is 14.4. The molecule has 1 aromatic heterocycles. The van der Waals surface area contributed by atoms with E-state index in [1.54, 1.807) is 6.33 Å². The quantitative estimate of drug-likeness (QED) is 0.863. The molecule has 1 N–H and O–H groups in total. The maximum Gasteiger partial charge on any atom is 0.218 e. The third-order valence-electron chi connectivity index (χ3n) is 3.73. The van der Waals surface area contributed by atoms with Crippen molar-refractivity contribution in [2.45, 2.75) is 39.2 Å². The summed E-state index contributed by atoms with van der Waals surface area (Å²) in [6.07, 6.45) is 5.50. The molecule has 0 atom stereocenters. The average molecular weight is 278 g/mol. The Morgan fingerprint density at radius 3 is 2.75 bits per heavy atom. The molecule has 0 unspecified atom stereocenters. The van der Waals surface area contributed by atoms with Crippen LogP contribution < -0.4 is 15.0 Å². The second-order valence-electron chi connectivity index (χ2n) is 5.70. The molecular formula is C15H26N4O. The second kappa shape index (κ2) is 7.43. The van der Waals surface area contributed by atoms with Crippen molar-refractivity contribution in [2.24, 2.45) is 5.92 Å². The van der Waals surface area contributed by atoms with E-state index in [1.165, 1.54) is 19.3 Å². The molecule has 20 heavy (non-hydrogen) atoms. The van der Waals surface area contributed by atoms with Crippen LogP contribution in [0.25, 0.3) is 0 Å². The van der Waals surface area contributed by atoms with Crippen LogP contribution in [0, 0.1) is 5.92 Å². The van der Waals surface area contributed by atoms with Crippen LogP contribution in [-0.4, -0.2) is 42.8 Å². The van der Waals surface area contributed by atoms with Crippen molar-refractivity contribution in [3.63, 3.8) is 0 Å². The Balaban J connectivity index is 1.89. The number of hydrogen-bond acceptors (Lipinski definition) is 5. The van der Waals surface area contributed by atoms with Crippen LogP contribution in [0.15, 0.2) is 12.4 Å². The molecule has 0 aliphatic carbocycles. The fraction of sp³-hybridized carbons (Fsp3) is 0.733. The van der Waals surface area contributed by atoms with Crippen LogP contribution in [0.3, 0.4) is 0 Å². The van der Waals surface area contributed by atoms with E-state index in [-0.39, 0.29) is 6.10 Å². The van der Waals surface area contributed by atoms with E-state index in [0.29, 0.717) is 5.88 Å². The van der Waals surface area contributed by atoms with Crippen molar-refractivity contribution in [3.05, 3.63) is 12.4 Å². The molecule has 0 spiro atoms. The second-order valence-corrected chi connectivity index (χ2v) is 5.70. The van der Waals surface area contributed by atoms with Gasteiger partial charge in [-0.15, -0.1) is 0 Å². The summed E-state index contributed by atoms with van der Waals surface area (Å²) < 4.78 is 5.63. The summed E-state index contributed by atoms with van der Waals surface area (Å²) in [5.74, 6) is 2.50. The van der Waals surface area contributed by atoms with Crippen molar-refractivity contribution in [1.29, 1.82) is 0 Å². The molecule has 112 valence electrons. The van der Waals surface area contributed by atoms with Gasteiger partial charge in [-0.3, -0.25) is 0 Å². The maximum absolute atomic E-state index is 5.63. The molecule has 1 aliphatic heterocycles. The predicted molar refractivity (Wildman–Crippen MR) is 81.3 cm³/mol.